The zero-order chi connectivity index (χ0) is 18.0. The number of fused-ring (bicyclic) bond motifs is 1. The number of imidazole rings is 1. The maximum absolute atomic E-state index is 11.1. The lowest BCUT2D eigenvalue weighted by Crippen LogP contribution is -1.93. The third-order valence-corrected chi connectivity index (χ3v) is 3.57. The van der Waals surface area contributed by atoms with Gasteiger partial charge in [-0.05, 0) is 29.8 Å². The van der Waals surface area contributed by atoms with Gasteiger partial charge in [0.2, 0.25) is 5.75 Å². The Hall–Kier alpha value is -3.86. The molecule has 3 rings (SSSR count). The lowest BCUT2D eigenvalue weighted by Gasteiger charge is -2.05. The average Bonchev–Trinajstić information content (AvgIpc) is 3.04. The fourth-order valence-corrected chi connectivity index (χ4v) is 2.39. The van der Waals surface area contributed by atoms with Crippen molar-refractivity contribution in [3.05, 3.63) is 57.9 Å². The van der Waals surface area contributed by atoms with Gasteiger partial charge in [0.25, 0.3) is 0 Å². The minimum absolute atomic E-state index is 0.0534. The van der Waals surface area contributed by atoms with Crippen LogP contribution in [-0.2, 0) is 0 Å². The number of para-hydroxylation sites is 2. The van der Waals surface area contributed by atoms with Gasteiger partial charge in [-0.3, -0.25) is 10.1 Å². The van der Waals surface area contributed by atoms with Crippen LogP contribution in [0.1, 0.15) is 11.4 Å². The molecule has 0 saturated carbocycles. The lowest BCUT2D eigenvalue weighted by molar-refractivity contribution is -0.386. The number of benzene rings is 2. The van der Waals surface area contributed by atoms with Crippen LogP contribution in [0.15, 0.2) is 36.4 Å². The van der Waals surface area contributed by atoms with Gasteiger partial charge in [-0.1, -0.05) is 12.1 Å². The summed E-state index contributed by atoms with van der Waals surface area (Å²) in [6.07, 6.45) is 1.44. The second kappa shape index (κ2) is 6.33. The van der Waals surface area contributed by atoms with Gasteiger partial charge in [-0.15, -0.1) is 0 Å². The number of hydrogen-bond acceptors (Lipinski definition) is 6. The van der Waals surface area contributed by atoms with Gasteiger partial charge in [-0.25, -0.2) is 4.98 Å². The Labute approximate surface area is 141 Å². The summed E-state index contributed by atoms with van der Waals surface area (Å²) in [5.41, 5.74) is 1.49. The first kappa shape index (κ1) is 16.0. The Kier molecular flexibility index (Phi) is 4.05. The molecule has 124 valence electrons. The SMILES string of the molecule is COc1cc(/C=C(/C#N)c2nc3ccccc3[nH]2)cc([N+](=O)[O-])c1O. The molecular formula is C17H12N4O4. The van der Waals surface area contributed by atoms with Crippen LogP contribution >= 0.6 is 0 Å². The van der Waals surface area contributed by atoms with Crippen molar-refractivity contribution in [2.45, 2.75) is 0 Å². The van der Waals surface area contributed by atoms with E-state index in [1.165, 1.54) is 19.3 Å². The summed E-state index contributed by atoms with van der Waals surface area (Å²) >= 11 is 0. The molecule has 2 aromatic carbocycles. The standard InChI is InChI=1S/C17H12N4O4/c1-25-15-8-10(7-14(16(15)22)21(23)24)6-11(9-18)17-19-12-4-2-3-5-13(12)20-17/h2-8,22H,1H3,(H,19,20)/b11-6-. The number of methoxy groups -OCH3 is 1. The number of nitriles is 1. The molecular weight excluding hydrogens is 324 g/mol. The number of nitro groups is 1. The largest absolute Gasteiger partial charge is 0.500 e. The van der Waals surface area contributed by atoms with Crippen LogP contribution in [0.25, 0.3) is 22.7 Å². The Morgan fingerprint density at radius 2 is 2.20 bits per heavy atom. The third-order valence-electron chi connectivity index (χ3n) is 3.57. The van der Waals surface area contributed by atoms with Crippen molar-refractivity contribution in [2.75, 3.05) is 7.11 Å². The summed E-state index contributed by atoms with van der Waals surface area (Å²) in [4.78, 5) is 17.7. The third kappa shape index (κ3) is 2.98. The molecule has 0 radical (unpaired) electrons. The number of aromatic hydroxyl groups is 1. The number of aromatic amines is 1. The summed E-state index contributed by atoms with van der Waals surface area (Å²) in [5, 5.41) is 30.3. The van der Waals surface area contributed by atoms with Gasteiger partial charge in [0.15, 0.2) is 5.75 Å². The van der Waals surface area contributed by atoms with Crippen molar-refractivity contribution in [3.8, 4) is 17.6 Å². The molecule has 0 fully saturated rings. The zero-order valence-corrected chi connectivity index (χ0v) is 13.1. The van der Waals surface area contributed by atoms with Crippen LogP contribution in [0.2, 0.25) is 0 Å². The molecule has 0 aliphatic heterocycles. The summed E-state index contributed by atoms with van der Waals surface area (Å²) in [5.74, 6) is -0.271. The van der Waals surface area contributed by atoms with E-state index in [2.05, 4.69) is 9.97 Å². The highest BCUT2D eigenvalue weighted by molar-refractivity contribution is 5.90. The fraction of sp³-hybridized carbons (Fsp3) is 0.0588. The minimum Gasteiger partial charge on any atom is -0.500 e. The van der Waals surface area contributed by atoms with E-state index < -0.39 is 16.4 Å². The number of H-pyrrole nitrogens is 1. The first-order valence-electron chi connectivity index (χ1n) is 7.15. The van der Waals surface area contributed by atoms with Gasteiger partial charge in [0.05, 0.1) is 28.6 Å². The molecule has 25 heavy (non-hydrogen) atoms. The molecule has 2 N–H and O–H groups in total. The molecule has 0 saturated heterocycles. The Morgan fingerprint density at radius 1 is 1.44 bits per heavy atom. The molecule has 0 unspecified atom stereocenters. The molecule has 1 heterocycles. The molecule has 0 aliphatic carbocycles. The number of rotatable bonds is 4. The topological polar surface area (TPSA) is 125 Å². The molecule has 0 aliphatic rings. The molecule has 3 aromatic rings. The second-order valence-corrected chi connectivity index (χ2v) is 5.12. The van der Waals surface area contributed by atoms with E-state index in [0.29, 0.717) is 16.9 Å². The molecule has 0 spiro atoms. The number of phenolic OH excluding ortho intramolecular Hbond substituents is 1. The Bertz CT molecular complexity index is 1010. The monoisotopic (exact) mass is 336 g/mol. The van der Waals surface area contributed by atoms with E-state index in [0.717, 1.165) is 11.6 Å². The smallest absolute Gasteiger partial charge is 0.315 e. The summed E-state index contributed by atoms with van der Waals surface area (Å²) < 4.78 is 4.96. The van der Waals surface area contributed by atoms with Gasteiger partial charge < -0.3 is 14.8 Å². The summed E-state index contributed by atoms with van der Waals surface area (Å²) in [6, 6.07) is 11.9. The average molecular weight is 336 g/mol. The maximum Gasteiger partial charge on any atom is 0.315 e. The highest BCUT2D eigenvalue weighted by Gasteiger charge is 2.20. The predicted octanol–water partition coefficient (Wildman–Crippen LogP) is 3.25. The molecule has 0 amide bonds. The fourth-order valence-electron chi connectivity index (χ4n) is 2.39. The van der Waals surface area contributed by atoms with Gasteiger partial charge in [0.1, 0.15) is 11.9 Å². The van der Waals surface area contributed by atoms with Crippen molar-refractivity contribution in [1.82, 2.24) is 9.97 Å². The normalized spacial score (nSPS) is 11.3. The van der Waals surface area contributed by atoms with Crippen molar-refractivity contribution < 1.29 is 14.8 Å². The van der Waals surface area contributed by atoms with Crippen molar-refractivity contribution in [3.63, 3.8) is 0 Å². The predicted molar refractivity (Wildman–Crippen MR) is 90.9 cm³/mol. The van der Waals surface area contributed by atoms with Gasteiger partial charge >= 0.3 is 5.69 Å². The number of phenols is 1. The van der Waals surface area contributed by atoms with Crippen LogP contribution in [0.4, 0.5) is 5.69 Å². The van der Waals surface area contributed by atoms with Crippen LogP contribution in [-0.4, -0.2) is 27.1 Å². The highest BCUT2D eigenvalue weighted by Crippen LogP contribution is 2.37. The van der Waals surface area contributed by atoms with Gasteiger partial charge in [0, 0.05) is 6.07 Å². The van der Waals surface area contributed by atoms with E-state index in [1.807, 2.05) is 24.3 Å². The van der Waals surface area contributed by atoms with Crippen molar-refractivity contribution >= 4 is 28.4 Å². The highest BCUT2D eigenvalue weighted by atomic mass is 16.6. The van der Waals surface area contributed by atoms with E-state index >= 15 is 0 Å². The van der Waals surface area contributed by atoms with Crippen LogP contribution in [0.5, 0.6) is 11.5 Å². The Balaban J connectivity index is 2.12. The number of nitro benzene ring substituents is 1. The number of ether oxygens (including phenoxy) is 1. The second-order valence-electron chi connectivity index (χ2n) is 5.12. The zero-order valence-electron chi connectivity index (χ0n) is 13.1. The number of allylic oxidation sites excluding steroid dienone is 1. The van der Waals surface area contributed by atoms with E-state index in [4.69, 9.17) is 4.74 Å². The first-order valence-corrected chi connectivity index (χ1v) is 7.15. The van der Waals surface area contributed by atoms with E-state index in [9.17, 15) is 20.5 Å². The minimum atomic E-state index is -0.720. The van der Waals surface area contributed by atoms with Crippen molar-refractivity contribution in [1.29, 1.82) is 5.26 Å². The maximum atomic E-state index is 11.1. The molecule has 1 aromatic heterocycles. The van der Waals surface area contributed by atoms with E-state index in [1.54, 1.807) is 6.07 Å². The van der Waals surface area contributed by atoms with Crippen molar-refractivity contribution in [2.24, 2.45) is 0 Å². The number of nitrogens with zero attached hydrogens (tertiary/aromatic N) is 3. The molecule has 0 bridgehead atoms. The first-order chi connectivity index (χ1) is 12.0. The van der Waals surface area contributed by atoms with Gasteiger partial charge in [-0.2, -0.15) is 5.26 Å². The van der Waals surface area contributed by atoms with Crippen LogP contribution in [0, 0.1) is 21.4 Å². The van der Waals surface area contributed by atoms with E-state index in [-0.39, 0.29) is 11.3 Å². The molecule has 8 nitrogen and oxygen atoms in total. The lowest BCUT2D eigenvalue weighted by atomic mass is 10.1. The number of aromatic nitrogens is 2. The number of nitrogens with one attached hydrogen (secondary N) is 1. The molecule has 0 atom stereocenters. The quantitative estimate of drug-likeness (QED) is 0.428. The van der Waals surface area contributed by atoms with Crippen LogP contribution in [0.3, 0.4) is 0 Å². The summed E-state index contributed by atoms with van der Waals surface area (Å²) in [7, 11) is 1.29. The molecule has 8 heteroatoms. The number of hydrogen-bond donors (Lipinski definition) is 2. The van der Waals surface area contributed by atoms with Crippen LogP contribution < -0.4 is 4.74 Å². The Morgan fingerprint density at radius 3 is 2.84 bits per heavy atom. The summed E-state index contributed by atoms with van der Waals surface area (Å²) in [6.45, 7) is 0.